The third-order valence-corrected chi connectivity index (χ3v) is 7.50. The highest BCUT2D eigenvalue weighted by molar-refractivity contribution is 6.39. The summed E-state index contributed by atoms with van der Waals surface area (Å²) in [6.45, 7) is 2.43. The number of fused-ring (bicyclic) bond motifs is 3. The van der Waals surface area contributed by atoms with Gasteiger partial charge in [0.25, 0.3) is 0 Å². The zero-order chi connectivity index (χ0) is 19.3. The topological polar surface area (TPSA) is 78.7 Å². The van der Waals surface area contributed by atoms with Gasteiger partial charge in [0.1, 0.15) is 0 Å². The second-order valence-electron chi connectivity index (χ2n) is 9.22. The number of piperidine rings is 1. The van der Waals surface area contributed by atoms with E-state index in [1.54, 1.807) is 4.90 Å². The molecule has 2 heterocycles. The summed E-state index contributed by atoms with van der Waals surface area (Å²) >= 11 is 0. The first-order valence-electron chi connectivity index (χ1n) is 10.8. The Hall–Kier alpha value is -2.08. The van der Waals surface area contributed by atoms with Crippen LogP contribution in [0.15, 0.2) is 24.3 Å². The number of likely N-dealkylation sites (tertiary alicyclic amines) is 1. The van der Waals surface area contributed by atoms with E-state index >= 15 is 0 Å². The molecule has 1 aromatic carbocycles. The van der Waals surface area contributed by atoms with Crippen molar-refractivity contribution in [2.75, 3.05) is 29.9 Å². The van der Waals surface area contributed by atoms with Crippen LogP contribution in [0.1, 0.15) is 38.5 Å². The Morgan fingerprint density at radius 2 is 1.82 bits per heavy atom. The molecule has 2 amide bonds. The van der Waals surface area contributed by atoms with Gasteiger partial charge in [0, 0.05) is 43.1 Å². The zero-order valence-corrected chi connectivity index (χ0v) is 16.3. The molecule has 0 radical (unpaired) electrons. The fourth-order valence-corrected chi connectivity index (χ4v) is 5.99. The summed E-state index contributed by atoms with van der Waals surface area (Å²) in [5.41, 5.74) is 8.12. The molecule has 6 heteroatoms. The van der Waals surface area contributed by atoms with E-state index in [0.29, 0.717) is 36.7 Å². The third kappa shape index (κ3) is 3.17. The van der Waals surface area contributed by atoms with E-state index in [1.807, 2.05) is 12.1 Å². The Labute approximate surface area is 166 Å². The molecule has 6 nitrogen and oxygen atoms in total. The molecule has 4 aliphatic rings. The summed E-state index contributed by atoms with van der Waals surface area (Å²) in [6, 6.07) is 8.78. The van der Waals surface area contributed by atoms with Crippen molar-refractivity contribution in [3.05, 3.63) is 24.3 Å². The number of hydrogen-bond donors (Lipinski definition) is 2. The fourth-order valence-electron chi connectivity index (χ4n) is 5.99. The second kappa shape index (κ2) is 7.07. The first kappa shape index (κ1) is 18.0. The Bertz CT molecular complexity index is 764. The lowest BCUT2D eigenvalue weighted by Gasteiger charge is -2.29. The Morgan fingerprint density at radius 1 is 1.00 bits per heavy atom. The van der Waals surface area contributed by atoms with Gasteiger partial charge in [-0.3, -0.25) is 9.59 Å². The minimum atomic E-state index is -0.541. The smallest absolute Gasteiger partial charge is 0.313 e. The minimum Gasteiger partial charge on any atom is -0.368 e. The molecule has 4 fully saturated rings. The maximum Gasteiger partial charge on any atom is 0.313 e. The molecule has 150 valence electrons. The Balaban J connectivity index is 1.19. The first-order chi connectivity index (χ1) is 13.6. The number of nitrogens with zero attached hydrogens (tertiary/aromatic N) is 2. The average Bonchev–Trinajstić information content (AvgIpc) is 3.43. The molecule has 28 heavy (non-hydrogen) atoms. The van der Waals surface area contributed by atoms with E-state index in [-0.39, 0.29) is 6.04 Å². The summed E-state index contributed by atoms with van der Waals surface area (Å²) in [4.78, 5) is 29.3. The van der Waals surface area contributed by atoms with Crippen molar-refractivity contribution in [1.29, 1.82) is 0 Å². The van der Waals surface area contributed by atoms with Crippen molar-refractivity contribution in [3.63, 3.8) is 0 Å². The summed E-state index contributed by atoms with van der Waals surface area (Å²) in [6.07, 6.45) is 7.24. The minimum absolute atomic E-state index is 0.160. The van der Waals surface area contributed by atoms with Crippen LogP contribution >= 0.6 is 0 Å². The largest absolute Gasteiger partial charge is 0.368 e. The molecule has 3 N–H and O–H groups in total. The molecule has 0 aromatic heterocycles. The predicted octanol–water partition coefficient (Wildman–Crippen LogP) is 2.20. The van der Waals surface area contributed by atoms with Crippen LogP contribution in [0.4, 0.5) is 11.4 Å². The SMILES string of the molecule is NC1CCCC2CN(C(=O)C(=O)Nc3ccc(N4CC5CCC4C5)cc3)CC12. The molecule has 5 unspecified atom stereocenters. The normalized spacial score (nSPS) is 33.8. The van der Waals surface area contributed by atoms with Gasteiger partial charge in [-0.2, -0.15) is 0 Å². The van der Waals surface area contributed by atoms with Gasteiger partial charge in [-0.15, -0.1) is 0 Å². The fraction of sp³-hybridized carbons (Fsp3) is 0.636. The summed E-state index contributed by atoms with van der Waals surface area (Å²) < 4.78 is 0. The summed E-state index contributed by atoms with van der Waals surface area (Å²) in [5.74, 6) is 0.679. The lowest BCUT2D eigenvalue weighted by Crippen LogP contribution is -2.40. The first-order valence-corrected chi connectivity index (χ1v) is 10.8. The molecular weight excluding hydrogens is 352 g/mol. The van der Waals surface area contributed by atoms with Gasteiger partial charge < -0.3 is 20.9 Å². The van der Waals surface area contributed by atoms with Crippen LogP contribution < -0.4 is 16.0 Å². The number of nitrogens with one attached hydrogen (secondary N) is 1. The maximum absolute atomic E-state index is 12.6. The molecule has 2 saturated heterocycles. The van der Waals surface area contributed by atoms with Crippen LogP contribution in [-0.2, 0) is 9.59 Å². The predicted molar refractivity (Wildman–Crippen MR) is 109 cm³/mol. The molecular formula is C22H30N4O2. The van der Waals surface area contributed by atoms with Crippen LogP contribution in [0.25, 0.3) is 0 Å². The van der Waals surface area contributed by atoms with Crippen LogP contribution in [0.5, 0.6) is 0 Å². The van der Waals surface area contributed by atoms with Gasteiger partial charge in [0.2, 0.25) is 0 Å². The molecule has 0 spiro atoms. The van der Waals surface area contributed by atoms with Crippen molar-refractivity contribution in [1.82, 2.24) is 4.90 Å². The van der Waals surface area contributed by atoms with Gasteiger partial charge >= 0.3 is 11.8 Å². The van der Waals surface area contributed by atoms with E-state index < -0.39 is 11.8 Å². The van der Waals surface area contributed by atoms with Crippen LogP contribution in [0, 0.1) is 17.8 Å². The number of benzene rings is 1. The van der Waals surface area contributed by atoms with Crippen molar-refractivity contribution < 1.29 is 9.59 Å². The van der Waals surface area contributed by atoms with E-state index in [2.05, 4.69) is 22.3 Å². The number of nitrogens with two attached hydrogens (primary N) is 1. The van der Waals surface area contributed by atoms with Crippen LogP contribution in [0.2, 0.25) is 0 Å². The van der Waals surface area contributed by atoms with Crippen molar-refractivity contribution in [2.45, 2.75) is 50.6 Å². The lowest BCUT2D eigenvalue weighted by molar-refractivity contribution is -0.142. The molecule has 2 aliphatic heterocycles. The number of anilines is 2. The van der Waals surface area contributed by atoms with Crippen molar-refractivity contribution in [3.8, 4) is 0 Å². The second-order valence-corrected chi connectivity index (χ2v) is 9.22. The standard InChI is InChI=1S/C22H30N4O2/c23-20-3-1-2-15-12-25(13-19(15)20)22(28)21(27)24-16-5-8-17(9-6-16)26-11-14-4-7-18(26)10-14/h5-6,8-9,14-15,18-20H,1-4,7,10-13,23H2,(H,24,27). The number of carbonyl (C=O) groups is 2. The van der Waals surface area contributed by atoms with Gasteiger partial charge in [0.15, 0.2) is 0 Å². The van der Waals surface area contributed by atoms with E-state index in [0.717, 1.165) is 31.7 Å². The Morgan fingerprint density at radius 3 is 2.50 bits per heavy atom. The molecule has 2 saturated carbocycles. The zero-order valence-electron chi connectivity index (χ0n) is 16.3. The molecule has 5 rings (SSSR count). The van der Waals surface area contributed by atoms with E-state index in [4.69, 9.17) is 5.73 Å². The van der Waals surface area contributed by atoms with Crippen molar-refractivity contribution in [2.24, 2.45) is 23.5 Å². The number of rotatable bonds is 2. The van der Waals surface area contributed by atoms with Crippen molar-refractivity contribution >= 4 is 23.2 Å². The van der Waals surface area contributed by atoms with Gasteiger partial charge in [-0.1, -0.05) is 6.42 Å². The quantitative estimate of drug-likeness (QED) is 0.769. The molecule has 2 bridgehead atoms. The summed E-state index contributed by atoms with van der Waals surface area (Å²) in [7, 11) is 0. The monoisotopic (exact) mass is 382 g/mol. The highest BCUT2D eigenvalue weighted by atomic mass is 16.2. The lowest BCUT2D eigenvalue weighted by atomic mass is 9.78. The van der Waals surface area contributed by atoms with E-state index in [9.17, 15) is 9.59 Å². The van der Waals surface area contributed by atoms with E-state index in [1.165, 1.54) is 24.9 Å². The highest BCUT2D eigenvalue weighted by Crippen LogP contribution is 2.40. The van der Waals surface area contributed by atoms with Gasteiger partial charge in [-0.25, -0.2) is 0 Å². The number of amides is 2. The number of carbonyl (C=O) groups excluding carboxylic acids is 2. The van der Waals surface area contributed by atoms with Crippen LogP contribution in [-0.4, -0.2) is 48.4 Å². The average molecular weight is 383 g/mol. The van der Waals surface area contributed by atoms with Gasteiger partial charge in [-0.05, 0) is 74.1 Å². The molecule has 2 aliphatic carbocycles. The maximum atomic E-state index is 12.6. The highest BCUT2D eigenvalue weighted by Gasteiger charge is 2.42. The van der Waals surface area contributed by atoms with Gasteiger partial charge in [0.05, 0.1) is 0 Å². The third-order valence-electron chi connectivity index (χ3n) is 7.50. The Kier molecular flexibility index (Phi) is 4.54. The number of hydrogen-bond acceptors (Lipinski definition) is 4. The summed E-state index contributed by atoms with van der Waals surface area (Å²) in [5, 5.41) is 2.78. The molecule has 5 atom stereocenters. The molecule has 1 aromatic rings. The van der Waals surface area contributed by atoms with Crippen LogP contribution in [0.3, 0.4) is 0 Å².